The fourth-order valence-electron chi connectivity index (χ4n) is 2.04. The summed E-state index contributed by atoms with van der Waals surface area (Å²) in [6.45, 7) is 0.980. The molecule has 0 aromatic rings. The van der Waals surface area contributed by atoms with Crippen LogP contribution < -0.4 is 0 Å². The maximum atomic E-state index is 11.4. The molecule has 0 saturated carbocycles. The molecule has 0 spiro atoms. The van der Waals surface area contributed by atoms with Gasteiger partial charge in [-0.1, -0.05) is 12.2 Å². The number of rotatable bonds is 0. The highest BCUT2D eigenvalue weighted by molar-refractivity contribution is 5.79. The predicted molar refractivity (Wildman–Crippen MR) is 47.7 cm³/mol. The average Bonchev–Trinajstić information content (AvgIpc) is 2.31. The second-order valence-corrected chi connectivity index (χ2v) is 3.62. The summed E-state index contributed by atoms with van der Waals surface area (Å²) in [5.41, 5.74) is 0. The molecule has 0 aromatic heterocycles. The molecular formula is C10H15NO. The Morgan fingerprint density at radius 2 is 2.33 bits per heavy atom. The number of carbonyl (C=O) groups is 1. The lowest BCUT2D eigenvalue weighted by molar-refractivity contribution is -0.128. The fraction of sp³-hybridized carbons (Fsp3) is 0.700. The quantitative estimate of drug-likeness (QED) is 0.500. The molecule has 2 heteroatoms. The molecule has 12 heavy (non-hydrogen) atoms. The average molecular weight is 165 g/mol. The van der Waals surface area contributed by atoms with Crippen molar-refractivity contribution in [2.75, 3.05) is 6.54 Å². The van der Waals surface area contributed by atoms with E-state index in [2.05, 4.69) is 12.2 Å². The van der Waals surface area contributed by atoms with Gasteiger partial charge in [-0.05, 0) is 25.7 Å². The van der Waals surface area contributed by atoms with Gasteiger partial charge in [0.1, 0.15) is 0 Å². The molecule has 1 fully saturated rings. The molecule has 2 aliphatic heterocycles. The molecule has 2 heterocycles. The van der Waals surface area contributed by atoms with Gasteiger partial charge in [-0.3, -0.25) is 4.79 Å². The maximum Gasteiger partial charge on any atom is 0.223 e. The molecule has 0 bridgehead atoms. The molecule has 2 nitrogen and oxygen atoms in total. The second kappa shape index (κ2) is 3.30. The molecule has 1 amide bonds. The van der Waals surface area contributed by atoms with Gasteiger partial charge in [0.2, 0.25) is 5.91 Å². The number of amides is 1. The van der Waals surface area contributed by atoms with Crippen molar-refractivity contribution >= 4 is 5.91 Å². The van der Waals surface area contributed by atoms with Crippen LogP contribution in [-0.2, 0) is 4.79 Å². The van der Waals surface area contributed by atoms with E-state index in [9.17, 15) is 4.79 Å². The van der Waals surface area contributed by atoms with Crippen LogP contribution in [0.15, 0.2) is 12.2 Å². The highest BCUT2D eigenvalue weighted by atomic mass is 16.2. The first-order chi connectivity index (χ1) is 5.88. The van der Waals surface area contributed by atoms with Gasteiger partial charge in [0.05, 0.1) is 6.04 Å². The normalized spacial score (nSPS) is 32.5. The number of hydrogen-bond donors (Lipinski definition) is 0. The van der Waals surface area contributed by atoms with Crippen molar-refractivity contribution in [3.8, 4) is 0 Å². The Kier molecular flexibility index (Phi) is 2.15. The molecule has 1 saturated heterocycles. The summed E-state index contributed by atoms with van der Waals surface area (Å²) < 4.78 is 0. The van der Waals surface area contributed by atoms with Crippen molar-refractivity contribution in [2.24, 2.45) is 0 Å². The summed E-state index contributed by atoms with van der Waals surface area (Å²) in [5, 5.41) is 0. The van der Waals surface area contributed by atoms with Crippen LogP contribution in [0, 0.1) is 0 Å². The Bertz CT molecular complexity index is 210. The molecule has 0 N–H and O–H groups in total. The third kappa shape index (κ3) is 1.38. The van der Waals surface area contributed by atoms with Crippen LogP contribution in [0.25, 0.3) is 0 Å². The summed E-state index contributed by atoms with van der Waals surface area (Å²) in [5.74, 6) is 0.353. The van der Waals surface area contributed by atoms with Crippen LogP contribution in [0.5, 0.6) is 0 Å². The topological polar surface area (TPSA) is 20.3 Å². The Morgan fingerprint density at radius 3 is 3.25 bits per heavy atom. The zero-order chi connectivity index (χ0) is 8.39. The van der Waals surface area contributed by atoms with Gasteiger partial charge in [0.25, 0.3) is 0 Å². The summed E-state index contributed by atoms with van der Waals surface area (Å²) in [6.07, 6.45) is 9.84. The minimum atomic E-state index is 0.353. The van der Waals surface area contributed by atoms with Gasteiger partial charge in [0, 0.05) is 13.0 Å². The van der Waals surface area contributed by atoms with E-state index in [1.807, 2.05) is 4.90 Å². The molecule has 2 rings (SSSR count). The van der Waals surface area contributed by atoms with Crippen molar-refractivity contribution in [2.45, 2.75) is 38.1 Å². The SMILES string of the molecule is O=C1CCC2/C=C\CCCCN12. The van der Waals surface area contributed by atoms with Gasteiger partial charge >= 0.3 is 0 Å². The monoisotopic (exact) mass is 165 g/mol. The molecular weight excluding hydrogens is 150 g/mol. The Hall–Kier alpha value is -0.790. The maximum absolute atomic E-state index is 11.4. The zero-order valence-corrected chi connectivity index (χ0v) is 7.33. The number of fused-ring (bicyclic) bond motifs is 1. The highest BCUT2D eigenvalue weighted by Gasteiger charge is 2.28. The van der Waals surface area contributed by atoms with Crippen LogP contribution in [0.1, 0.15) is 32.1 Å². The van der Waals surface area contributed by atoms with Crippen LogP contribution in [0.3, 0.4) is 0 Å². The van der Waals surface area contributed by atoms with Crippen LogP contribution >= 0.6 is 0 Å². The van der Waals surface area contributed by atoms with Gasteiger partial charge in [-0.2, -0.15) is 0 Å². The van der Waals surface area contributed by atoms with E-state index in [0.717, 1.165) is 19.4 Å². The van der Waals surface area contributed by atoms with Gasteiger partial charge in [-0.15, -0.1) is 0 Å². The smallest absolute Gasteiger partial charge is 0.223 e. The number of hydrogen-bond acceptors (Lipinski definition) is 1. The van der Waals surface area contributed by atoms with Crippen LogP contribution in [0.4, 0.5) is 0 Å². The van der Waals surface area contributed by atoms with Gasteiger partial charge in [-0.25, -0.2) is 0 Å². The first kappa shape index (κ1) is 7.84. The number of allylic oxidation sites excluding steroid dienone is 1. The van der Waals surface area contributed by atoms with Gasteiger partial charge in [0.15, 0.2) is 0 Å². The van der Waals surface area contributed by atoms with Crippen molar-refractivity contribution in [3.05, 3.63) is 12.2 Å². The lowest BCUT2D eigenvalue weighted by Gasteiger charge is -2.23. The van der Waals surface area contributed by atoms with Crippen molar-refractivity contribution in [1.82, 2.24) is 4.90 Å². The molecule has 0 aromatic carbocycles. The van der Waals surface area contributed by atoms with E-state index in [1.54, 1.807) is 0 Å². The summed E-state index contributed by atoms with van der Waals surface area (Å²) in [4.78, 5) is 13.4. The molecule has 66 valence electrons. The van der Waals surface area contributed by atoms with E-state index in [1.165, 1.54) is 19.3 Å². The Morgan fingerprint density at radius 1 is 1.42 bits per heavy atom. The Balaban J connectivity index is 2.11. The van der Waals surface area contributed by atoms with E-state index in [0.29, 0.717) is 11.9 Å². The second-order valence-electron chi connectivity index (χ2n) is 3.62. The zero-order valence-electron chi connectivity index (χ0n) is 7.33. The summed E-state index contributed by atoms with van der Waals surface area (Å²) >= 11 is 0. The minimum absolute atomic E-state index is 0.353. The summed E-state index contributed by atoms with van der Waals surface area (Å²) in [6, 6.07) is 0.429. The van der Waals surface area contributed by atoms with Crippen LogP contribution in [0.2, 0.25) is 0 Å². The van der Waals surface area contributed by atoms with E-state index < -0.39 is 0 Å². The molecule has 0 aliphatic carbocycles. The van der Waals surface area contributed by atoms with Gasteiger partial charge < -0.3 is 4.90 Å². The lowest BCUT2D eigenvalue weighted by atomic mass is 10.1. The fourth-order valence-corrected chi connectivity index (χ4v) is 2.04. The molecule has 1 unspecified atom stereocenters. The Labute approximate surface area is 73.2 Å². The van der Waals surface area contributed by atoms with E-state index >= 15 is 0 Å². The molecule has 0 radical (unpaired) electrons. The molecule has 2 aliphatic rings. The first-order valence-corrected chi connectivity index (χ1v) is 4.84. The lowest BCUT2D eigenvalue weighted by Crippen LogP contribution is -2.33. The van der Waals surface area contributed by atoms with Crippen molar-refractivity contribution in [3.63, 3.8) is 0 Å². The minimum Gasteiger partial charge on any atom is -0.336 e. The largest absolute Gasteiger partial charge is 0.336 e. The predicted octanol–water partition coefficient (Wildman–Crippen LogP) is 1.72. The molecule has 1 atom stereocenters. The first-order valence-electron chi connectivity index (χ1n) is 4.84. The van der Waals surface area contributed by atoms with E-state index in [-0.39, 0.29) is 0 Å². The third-order valence-electron chi connectivity index (χ3n) is 2.75. The standard InChI is InChI=1S/C10H15NO/c12-10-7-6-9-5-3-1-2-4-8-11(9)10/h3,5,9H,1-2,4,6-8H2/b5-3-. The third-order valence-corrected chi connectivity index (χ3v) is 2.75. The summed E-state index contributed by atoms with van der Waals surface area (Å²) in [7, 11) is 0. The van der Waals surface area contributed by atoms with Crippen molar-refractivity contribution < 1.29 is 4.79 Å². The van der Waals surface area contributed by atoms with Crippen molar-refractivity contribution in [1.29, 1.82) is 0 Å². The highest BCUT2D eigenvalue weighted by Crippen LogP contribution is 2.22. The van der Waals surface area contributed by atoms with E-state index in [4.69, 9.17) is 0 Å². The van der Waals surface area contributed by atoms with Crippen LogP contribution in [-0.4, -0.2) is 23.4 Å². The number of nitrogens with zero attached hydrogens (tertiary/aromatic N) is 1. The number of carbonyl (C=O) groups excluding carboxylic acids is 1.